The first-order valence-corrected chi connectivity index (χ1v) is 9.87. The molecule has 2 N–H and O–H groups in total. The van der Waals surface area contributed by atoms with E-state index in [1.54, 1.807) is 23.1 Å². The number of nitrogens with zero attached hydrogens (tertiary/aromatic N) is 5. The molecule has 8 heteroatoms. The van der Waals surface area contributed by atoms with Gasteiger partial charge in [-0.2, -0.15) is 5.10 Å². The lowest BCUT2D eigenvalue weighted by Gasteiger charge is -2.03. The predicted molar refractivity (Wildman–Crippen MR) is 118 cm³/mol. The van der Waals surface area contributed by atoms with Gasteiger partial charge in [0.2, 0.25) is 5.95 Å². The number of H-pyrrole nitrogens is 1. The van der Waals surface area contributed by atoms with Crippen LogP contribution < -0.4 is 5.32 Å². The van der Waals surface area contributed by atoms with Gasteiger partial charge in [-0.1, -0.05) is 18.2 Å². The maximum absolute atomic E-state index is 13.5. The summed E-state index contributed by atoms with van der Waals surface area (Å²) < 4.78 is 15.3. The number of hydrogen-bond donors (Lipinski definition) is 2. The van der Waals surface area contributed by atoms with Crippen LogP contribution >= 0.6 is 0 Å². The van der Waals surface area contributed by atoms with Crippen molar-refractivity contribution in [3.63, 3.8) is 0 Å². The molecule has 0 radical (unpaired) electrons. The van der Waals surface area contributed by atoms with Crippen LogP contribution in [0.5, 0.6) is 0 Å². The van der Waals surface area contributed by atoms with E-state index < -0.39 is 0 Å². The van der Waals surface area contributed by atoms with Crippen molar-refractivity contribution in [1.82, 2.24) is 29.7 Å². The van der Waals surface area contributed by atoms with Crippen LogP contribution in [0.25, 0.3) is 33.7 Å². The third kappa shape index (κ3) is 3.75. The van der Waals surface area contributed by atoms with Gasteiger partial charge in [0, 0.05) is 24.7 Å². The average molecular weight is 413 g/mol. The van der Waals surface area contributed by atoms with E-state index in [1.165, 1.54) is 12.1 Å². The number of hydrogen-bond acceptors (Lipinski definition) is 5. The number of pyridine rings is 2. The van der Waals surface area contributed by atoms with Gasteiger partial charge in [-0.05, 0) is 42.8 Å². The molecule has 0 amide bonds. The highest BCUT2D eigenvalue weighted by Crippen LogP contribution is 2.31. The Morgan fingerprint density at radius 3 is 2.74 bits per heavy atom. The minimum Gasteiger partial charge on any atom is -0.352 e. The summed E-state index contributed by atoms with van der Waals surface area (Å²) in [6.45, 7) is 2.38. The van der Waals surface area contributed by atoms with Crippen LogP contribution in [0.4, 0.5) is 10.3 Å². The van der Waals surface area contributed by atoms with Crippen LogP contribution in [0.1, 0.15) is 11.3 Å². The van der Waals surface area contributed by atoms with Crippen molar-refractivity contribution >= 4 is 16.9 Å². The first-order valence-electron chi connectivity index (χ1n) is 9.87. The summed E-state index contributed by atoms with van der Waals surface area (Å²) in [5.41, 5.74) is 5.61. The smallest absolute Gasteiger partial charge is 0.201 e. The highest BCUT2D eigenvalue weighted by atomic mass is 19.1. The van der Waals surface area contributed by atoms with E-state index in [9.17, 15) is 4.39 Å². The van der Waals surface area contributed by atoms with Crippen molar-refractivity contribution < 1.29 is 4.39 Å². The number of anilines is 1. The van der Waals surface area contributed by atoms with Gasteiger partial charge in [-0.25, -0.2) is 9.37 Å². The highest BCUT2D eigenvalue weighted by molar-refractivity contribution is 5.85. The number of aromatic amines is 1. The van der Waals surface area contributed by atoms with E-state index in [4.69, 9.17) is 4.98 Å². The molecule has 0 spiro atoms. The van der Waals surface area contributed by atoms with Gasteiger partial charge in [-0.15, -0.1) is 0 Å². The third-order valence-corrected chi connectivity index (χ3v) is 5.07. The molecule has 0 atom stereocenters. The van der Waals surface area contributed by atoms with Crippen molar-refractivity contribution in [2.75, 3.05) is 5.32 Å². The molecule has 0 saturated carbocycles. The molecule has 1 aromatic carbocycles. The Balaban J connectivity index is 1.56. The number of aromatic nitrogens is 6. The maximum atomic E-state index is 13.5. The van der Waals surface area contributed by atoms with Gasteiger partial charge in [0.05, 0.1) is 35.0 Å². The normalized spacial score (nSPS) is 11.2. The molecular formula is C23H20FN7. The summed E-state index contributed by atoms with van der Waals surface area (Å²) in [6.07, 6.45) is 3.60. The fraction of sp³-hybridized carbons (Fsp3) is 0.130. The minimum atomic E-state index is -0.266. The predicted octanol–water partition coefficient (Wildman–Crippen LogP) is 4.48. The molecule has 5 rings (SSSR count). The fourth-order valence-electron chi connectivity index (χ4n) is 3.52. The van der Waals surface area contributed by atoms with Gasteiger partial charge in [0.25, 0.3) is 0 Å². The van der Waals surface area contributed by atoms with Crippen LogP contribution in [0.3, 0.4) is 0 Å². The molecule has 0 aliphatic rings. The number of halogens is 1. The molecule has 4 aromatic heterocycles. The zero-order valence-electron chi connectivity index (χ0n) is 17.1. The van der Waals surface area contributed by atoms with Crippen LogP contribution in [-0.2, 0) is 13.6 Å². The first-order chi connectivity index (χ1) is 15.1. The van der Waals surface area contributed by atoms with Crippen LogP contribution in [-0.4, -0.2) is 29.7 Å². The molecule has 154 valence electrons. The number of fused-ring (bicyclic) bond motifs is 1. The summed E-state index contributed by atoms with van der Waals surface area (Å²) in [7, 11) is 1.88. The van der Waals surface area contributed by atoms with E-state index in [1.807, 2.05) is 44.3 Å². The standard InChI is InChI=1S/C23H20FN7/c1-14-5-3-8-18(28-14)21-22(19-10-16-12-27-31(2)20(16)13-25-19)30-23(29-21)26-11-15-6-4-7-17(24)9-15/h3-10,12-13H,11H2,1-2H3,(H2,26,29,30). The number of nitrogens with one attached hydrogen (secondary N) is 2. The molecule has 7 nitrogen and oxygen atoms in total. The molecule has 0 fully saturated rings. The first kappa shape index (κ1) is 18.9. The number of rotatable bonds is 5. The highest BCUT2D eigenvalue weighted by Gasteiger charge is 2.17. The van der Waals surface area contributed by atoms with Crippen LogP contribution in [0.15, 0.2) is 60.9 Å². The van der Waals surface area contributed by atoms with E-state index in [0.717, 1.165) is 33.5 Å². The lowest BCUT2D eigenvalue weighted by molar-refractivity contribution is 0.626. The second-order valence-corrected chi connectivity index (χ2v) is 7.35. The lowest BCUT2D eigenvalue weighted by atomic mass is 10.1. The molecule has 0 bridgehead atoms. The summed E-state index contributed by atoms with van der Waals surface area (Å²) >= 11 is 0. The van der Waals surface area contributed by atoms with Gasteiger partial charge in [0.1, 0.15) is 11.5 Å². The number of benzene rings is 1. The summed E-state index contributed by atoms with van der Waals surface area (Å²) in [5, 5.41) is 8.51. The molecule has 0 unspecified atom stereocenters. The van der Waals surface area contributed by atoms with Crippen LogP contribution in [0, 0.1) is 12.7 Å². The monoisotopic (exact) mass is 413 g/mol. The quantitative estimate of drug-likeness (QED) is 0.444. The molecule has 5 aromatic rings. The van der Waals surface area contributed by atoms with Gasteiger partial charge >= 0.3 is 0 Å². The lowest BCUT2D eigenvalue weighted by Crippen LogP contribution is -2.01. The van der Waals surface area contributed by atoms with Crippen molar-refractivity contribution in [1.29, 1.82) is 0 Å². The maximum Gasteiger partial charge on any atom is 0.201 e. The molecule has 0 aliphatic carbocycles. The van der Waals surface area contributed by atoms with Crippen molar-refractivity contribution in [2.45, 2.75) is 13.5 Å². The zero-order valence-corrected chi connectivity index (χ0v) is 17.1. The molecule has 0 saturated heterocycles. The van der Waals surface area contributed by atoms with Gasteiger partial charge < -0.3 is 10.3 Å². The second kappa shape index (κ2) is 7.64. The van der Waals surface area contributed by atoms with Gasteiger partial charge in [0.15, 0.2) is 0 Å². The Morgan fingerprint density at radius 1 is 1.03 bits per heavy atom. The van der Waals surface area contributed by atoms with Crippen LogP contribution in [0.2, 0.25) is 0 Å². The summed E-state index contributed by atoms with van der Waals surface area (Å²) in [4.78, 5) is 17.3. The van der Waals surface area contributed by atoms with E-state index in [0.29, 0.717) is 23.9 Å². The fourth-order valence-corrected chi connectivity index (χ4v) is 3.52. The zero-order chi connectivity index (χ0) is 21.4. The van der Waals surface area contributed by atoms with Crippen molar-refractivity contribution in [3.05, 3.63) is 78.0 Å². The van der Waals surface area contributed by atoms with E-state index >= 15 is 0 Å². The van der Waals surface area contributed by atoms with E-state index in [-0.39, 0.29) is 5.82 Å². The number of imidazole rings is 1. The Kier molecular flexibility index (Phi) is 4.66. The average Bonchev–Trinajstić information content (AvgIpc) is 3.36. The Bertz CT molecular complexity index is 1390. The van der Waals surface area contributed by atoms with Crippen molar-refractivity contribution in [2.24, 2.45) is 7.05 Å². The van der Waals surface area contributed by atoms with E-state index in [2.05, 4.69) is 25.4 Å². The second-order valence-electron chi connectivity index (χ2n) is 7.35. The molecule has 0 aliphatic heterocycles. The Labute approximate surface area is 178 Å². The molecule has 31 heavy (non-hydrogen) atoms. The molecule has 4 heterocycles. The SMILES string of the molecule is Cc1cccc(-c2[nH]c(NCc3cccc(F)c3)nc2-c2cc3cnn(C)c3cn2)n1. The van der Waals surface area contributed by atoms with Gasteiger partial charge in [-0.3, -0.25) is 14.6 Å². The number of aryl methyl sites for hydroxylation is 2. The largest absolute Gasteiger partial charge is 0.352 e. The summed E-state index contributed by atoms with van der Waals surface area (Å²) in [5.74, 6) is 0.295. The molecular weight excluding hydrogens is 393 g/mol. The van der Waals surface area contributed by atoms with Crippen molar-refractivity contribution in [3.8, 4) is 22.8 Å². The Hall–Kier alpha value is -4.07. The Morgan fingerprint density at radius 2 is 1.90 bits per heavy atom. The third-order valence-electron chi connectivity index (χ3n) is 5.07. The minimum absolute atomic E-state index is 0.266. The summed E-state index contributed by atoms with van der Waals surface area (Å²) in [6, 6.07) is 14.3. The topological polar surface area (TPSA) is 84.3 Å².